The minimum atomic E-state index is -0.593. The Labute approximate surface area is 132 Å². The van der Waals surface area contributed by atoms with Crippen LogP contribution in [0.5, 0.6) is 0 Å². The maximum atomic E-state index is 12.0. The van der Waals surface area contributed by atoms with Crippen LogP contribution in [-0.4, -0.2) is 22.4 Å². The standard InChI is InChI=1S/C17H27NO2S/c1-11(2)16(19)9-17(20)18-15-8-6-7-14(13(15)5)10-21-12(3)4/h6-8,11-12,16,19H,9-10H2,1-5H3,(H,18,20). The molecule has 0 spiro atoms. The smallest absolute Gasteiger partial charge is 0.226 e. The molecule has 1 amide bonds. The maximum absolute atomic E-state index is 12.0. The molecule has 0 saturated carbocycles. The molecule has 4 heteroatoms. The highest BCUT2D eigenvalue weighted by atomic mass is 32.2. The van der Waals surface area contributed by atoms with Gasteiger partial charge in [0.2, 0.25) is 5.91 Å². The number of hydrogen-bond donors (Lipinski definition) is 2. The summed E-state index contributed by atoms with van der Waals surface area (Å²) in [6, 6.07) is 5.99. The summed E-state index contributed by atoms with van der Waals surface area (Å²) in [6.45, 7) is 10.2. The molecule has 0 aliphatic rings. The van der Waals surface area contributed by atoms with Gasteiger partial charge in [-0.25, -0.2) is 0 Å². The third-order valence-corrected chi connectivity index (χ3v) is 4.60. The molecule has 1 unspecified atom stereocenters. The molecule has 1 aromatic carbocycles. The topological polar surface area (TPSA) is 49.3 Å². The van der Waals surface area contributed by atoms with E-state index in [-0.39, 0.29) is 18.2 Å². The Morgan fingerprint density at radius 2 is 1.95 bits per heavy atom. The van der Waals surface area contributed by atoms with E-state index in [2.05, 4.69) is 25.2 Å². The molecule has 0 radical (unpaired) electrons. The van der Waals surface area contributed by atoms with Crippen LogP contribution in [0.25, 0.3) is 0 Å². The van der Waals surface area contributed by atoms with E-state index in [0.717, 1.165) is 17.0 Å². The number of anilines is 1. The van der Waals surface area contributed by atoms with Gasteiger partial charge in [-0.05, 0) is 35.3 Å². The maximum Gasteiger partial charge on any atom is 0.226 e. The molecule has 3 nitrogen and oxygen atoms in total. The molecule has 0 aliphatic heterocycles. The zero-order valence-electron chi connectivity index (χ0n) is 13.6. The summed E-state index contributed by atoms with van der Waals surface area (Å²) in [5.74, 6) is 0.903. The number of hydrogen-bond acceptors (Lipinski definition) is 3. The van der Waals surface area contributed by atoms with E-state index in [1.54, 1.807) is 0 Å². The van der Waals surface area contributed by atoms with Crippen molar-refractivity contribution >= 4 is 23.4 Å². The first-order valence-electron chi connectivity index (χ1n) is 7.49. The van der Waals surface area contributed by atoms with E-state index in [1.165, 1.54) is 5.56 Å². The van der Waals surface area contributed by atoms with Gasteiger partial charge >= 0.3 is 0 Å². The number of rotatable bonds is 7. The molecule has 0 aliphatic carbocycles. The molecule has 1 atom stereocenters. The summed E-state index contributed by atoms with van der Waals surface area (Å²) in [7, 11) is 0. The summed E-state index contributed by atoms with van der Waals surface area (Å²) in [4.78, 5) is 12.0. The molecule has 0 saturated heterocycles. The molecule has 0 fully saturated rings. The van der Waals surface area contributed by atoms with Gasteiger partial charge in [0.1, 0.15) is 0 Å². The van der Waals surface area contributed by atoms with Crippen LogP contribution in [-0.2, 0) is 10.5 Å². The van der Waals surface area contributed by atoms with Crippen LogP contribution < -0.4 is 5.32 Å². The molecular weight excluding hydrogens is 282 g/mol. The lowest BCUT2D eigenvalue weighted by molar-refractivity contribution is -0.118. The summed E-state index contributed by atoms with van der Waals surface area (Å²) in [6.07, 6.45) is -0.452. The van der Waals surface area contributed by atoms with Crippen molar-refractivity contribution in [1.29, 1.82) is 0 Å². The van der Waals surface area contributed by atoms with Crippen molar-refractivity contribution in [1.82, 2.24) is 0 Å². The molecule has 1 rings (SSSR count). The first-order chi connectivity index (χ1) is 9.81. The highest BCUT2D eigenvalue weighted by Crippen LogP contribution is 2.25. The summed E-state index contributed by atoms with van der Waals surface area (Å²) >= 11 is 1.89. The number of thioether (sulfide) groups is 1. The number of nitrogens with one attached hydrogen (secondary N) is 1. The van der Waals surface area contributed by atoms with Crippen LogP contribution in [0.15, 0.2) is 18.2 Å². The highest BCUT2D eigenvalue weighted by Gasteiger charge is 2.15. The first-order valence-corrected chi connectivity index (χ1v) is 8.54. The Morgan fingerprint density at radius 3 is 2.52 bits per heavy atom. The van der Waals surface area contributed by atoms with E-state index in [1.807, 2.05) is 44.7 Å². The monoisotopic (exact) mass is 309 g/mol. The second kappa shape index (κ2) is 8.44. The van der Waals surface area contributed by atoms with Crippen molar-refractivity contribution in [3.63, 3.8) is 0 Å². The summed E-state index contributed by atoms with van der Waals surface area (Å²) < 4.78 is 0. The van der Waals surface area contributed by atoms with Gasteiger partial charge < -0.3 is 10.4 Å². The Hall–Kier alpha value is -1.00. The number of benzene rings is 1. The SMILES string of the molecule is Cc1c(CSC(C)C)cccc1NC(=O)CC(O)C(C)C. The average Bonchev–Trinajstić information content (AvgIpc) is 2.39. The zero-order valence-corrected chi connectivity index (χ0v) is 14.5. The summed E-state index contributed by atoms with van der Waals surface area (Å²) in [5.41, 5.74) is 3.20. The largest absolute Gasteiger partial charge is 0.392 e. The lowest BCUT2D eigenvalue weighted by Gasteiger charge is -2.16. The normalized spacial score (nSPS) is 12.8. The van der Waals surface area contributed by atoms with E-state index in [4.69, 9.17) is 0 Å². The molecular formula is C17H27NO2S. The van der Waals surface area contributed by atoms with Crippen molar-refractivity contribution in [2.45, 2.75) is 58.1 Å². The lowest BCUT2D eigenvalue weighted by atomic mass is 10.0. The molecule has 1 aromatic rings. The fraction of sp³-hybridized carbons (Fsp3) is 0.588. The van der Waals surface area contributed by atoms with Gasteiger partial charge in [-0.3, -0.25) is 4.79 Å². The predicted molar refractivity (Wildman–Crippen MR) is 91.7 cm³/mol. The lowest BCUT2D eigenvalue weighted by Crippen LogP contribution is -2.24. The number of amides is 1. The zero-order chi connectivity index (χ0) is 16.0. The number of aliphatic hydroxyl groups is 1. The quantitative estimate of drug-likeness (QED) is 0.801. The van der Waals surface area contributed by atoms with Crippen LogP contribution in [0.1, 0.15) is 45.2 Å². The van der Waals surface area contributed by atoms with Crippen molar-refractivity contribution < 1.29 is 9.90 Å². The fourth-order valence-corrected chi connectivity index (χ4v) is 2.68. The molecule has 2 N–H and O–H groups in total. The van der Waals surface area contributed by atoms with Gasteiger partial charge in [0, 0.05) is 11.4 Å². The Kier molecular flexibility index (Phi) is 7.26. The van der Waals surface area contributed by atoms with Gasteiger partial charge in [0.25, 0.3) is 0 Å². The Bertz CT molecular complexity index is 472. The van der Waals surface area contributed by atoms with Gasteiger partial charge in [0.15, 0.2) is 0 Å². The predicted octanol–water partition coefficient (Wildman–Crippen LogP) is 3.98. The van der Waals surface area contributed by atoms with Gasteiger partial charge in [-0.2, -0.15) is 11.8 Å². The van der Waals surface area contributed by atoms with Gasteiger partial charge in [-0.1, -0.05) is 39.8 Å². The molecule has 21 heavy (non-hydrogen) atoms. The van der Waals surface area contributed by atoms with Gasteiger partial charge in [0.05, 0.1) is 12.5 Å². The molecule has 0 heterocycles. The third kappa shape index (κ3) is 6.10. The molecule has 0 aromatic heterocycles. The molecule has 118 valence electrons. The van der Waals surface area contributed by atoms with Crippen LogP contribution in [0.2, 0.25) is 0 Å². The van der Waals surface area contributed by atoms with E-state index < -0.39 is 6.10 Å². The van der Waals surface area contributed by atoms with Crippen molar-refractivity contribution in [3.8, 4) is 0 Å². The van der Waals surface area contributed by atoms with E-state index in [9.17, 15) is 9.90 Å². The van der Waals surface area contributed by atoms with E-state index in [0.29, 0.717) is 5.25 Å². The van der Waals surface area contributed by atoms with Crippen molar-refractivity contribution in [2.24, 2.45) is 5.92 Å². The van der Waals surface area contributed by atoms with Crippen LogP contribution >= 0.6 is 11.8 Å². The second-order valence-corrected chi connectivity index (χ2v) is 7.58. The summed E-state index contributed by atoms with van der Waals surface area (Å²) in [5, 5.41) is 13.3. The Morgan fingerprint density at radius 1 is 1.29 bits per heavy atom. The molecule has 0 bridgehead atoms. The van der Waals surface area contributed by atoms with Gasteiger partial charge in [-0.15, -0.1) is 0 Å². The Balaban J connectivity index is 2.71. The van der Waals surface area contributed by atoms with Crippen molar-refractivity contribution in [2.75, 3.05) is 5.32 Å². The number of carbonyl (C=O) groups is 1. The van der Waals surface area contributed by atoms with Crippen LogP contribution in [0.4, 0.5) is 5.69 Å². The van der Waals surface area contributed by atoms with Crippen LogP contribution in [0, 0.1) is 12.8 Å². The number of carbonyl (C=O) groups excluding carboxylic acids is 1. The van der Waals surface area contributed by atoms with Crippen molar-refractivity contribution in [3.05, 3.63) is 29.3 Å². The average molecular weight is 309 g/mol. The second-order valence-electron chi connectivity index (χ2n) is 6.01. The van der Waals surface area contributed by atoms with E-state index >= 15 is 0 Å². The number of aliphatic hydroxyl groups excluding tert-OH is 1. The third-order valence-electron chi connectivity index (χ3n) is 3.46. The minimum Gasteiger partial charge on any atom is -0.392 e. The van der Waals surface area contributed by atoms with Crippen LogP contribution in [0.3, 0.4) is 0 Å². The first kappa shape index (κ1) is 18.1. The minimum absolute atomic E-state index is 0.0885. The fourth-order valence-electron chi connectivity index (χ4n) is 1.86. The highest BCUT2D eigenvalue weighted by molar-refractivity contribution is 7.99.